The number of hydrogen-bond acceptors (Lipinski definition) is 5. The van der Waals surface area contributed by atoms with E-state index in [1.807, 2.05) is 42.7 Å². The SMILES string of the molecule is COCCCN1/C(=C\C=C2/CCC(/C=C/C3=[N+](CCCOC)c4ccc(C)cc4C3(C)C)=C2Oc2ccc[n+](OCc3ccccc3)c2)C(C)(C)c2cc(C)ccc21. The summed E-state index contributed by atoms with van der Waals surface area (Å²) in [5.74, 6) is 1.62. The lowest BCUT2D eigenvalue weighted by atomic mass is 9.80. The van der Waals surface area contributed by atoms with Crippen LogP contribution in [0.2, 0.25) is 0 Å². The Bertz CT molecular complexity index is 2280. The summed E-state index contributed by atoms with van der Waals surface area (Å²) < 4.78 is 22.2. The molecule has 7 rings (SSSR count). The Morgan fingerprint density at radius 1 is 0.759 bits per heavy atom. The summed E-state index contributed by atoms with van der Waals surface area (Å²) in [7, 11) is 3.56. The zero-order valence-corrected chi connectivity index (χ0v) is 35.8. The van der Waals surface area contributed by atoms with Gasteiger partial charge in [0.15, 0.2) is 24.6 Å². The third-order valence-electron chi connectivity index (χ3n) is 11.9. The van der Waals surface area contributed by atoms with Crippen molar-refractivity contribution in [1.82, 2.24) is 0 Å². The average Bonchev–Trinajstić information content (AvgIpc) is 3.76. The van der Waals surface area contributed by atoms with Crippen molar-refractivity contribution in [2.45, 2.75) is 84.7 Å². The Labute approximate surface area is 346 Å². The van der Waals surface area contributed by atoms with Crippen LogP contribution in [0.4, 0.5) is 11.4 Å². The molecule has 3 heterocycles. The lowest BCUT2D eigenvalue weighted by Crippen LogP contribution is -2.41. The predicted octanol–water partition coefficient (Wildman–Crippen LogP) is 9.96. The Balaban J connectivity index is 1.28. The van der Waals surface area contributed by atoms with Crippen molar-refractivity contribution in [2.75, 3.05) is 45.4 Å². The fourth-order valence-corrected chi connectivity index (χ4v) is 8.72. The Morgan fingerprint density at radius 2 is 1.50 bits per heavy atom. The minimum atomic E-state index is -0.164. The molecule has 7 nitrogen and oxygen atoms in total. The molecule has 4 aromatic rings. The highest BCUT2D eigenvalue weighted by Crippen LogP contribution is 2.48. The first-order valence-electron chi connectivity index (χ1n) is 20.8. The molecule has 1 aromatic heterocycles. The van der Waals surface area contributed by atoms with Gasteiger partial charge in [-0.15, -0.1) is 0 Å². The summed E-state index contributed by atoms with van der Waals surface area (Å²) in [5.41, 5.74) is 13.6. The Kier molecular flexibility index (Phi) is 12.5. The van der Waals surface area contributed by atoms with Gasteiger partial charge < -0.3 is 19.1 Å². The Hall–Kier alpha value is -5.24. The van der Waals surface area contributed by atoms with Crippen molar-refractivity contribution in [3.63, 3.8) is 0 Å². The summed E-state index contributed by atoms with van der Waals surface area (Å²) in [5, 5.41) is 0. The smallest absolute Gasteiger partial charge is 0.264 e. The first-order valence-corrected chi connectivity index (χ1v) is 20.8. The van der Waals surface area contributed by atoms with Crippen LogP contribution in [0.3, 0.4) is 0 Å². The summed E-state index contributed by atoms with van der Waals surface area (Å²) >= 11 is 0. The highest BCUT2D eigenvalue weighted by atomic mass is 16.7. The number of aryl methyl sites for hydroxylation is 2. The number of hydrogen-bond donors (Lipinski definition) is 0. The number of rotatable bonds is 16. The molecule has 3 aromatic carbocycles. The van der Waals surface area contributed by atoms with Crippen LogP contribution in [0.15, 0.2) is 138 Å². The van der Waals surface area contributed by atoms with Crippen molar-refractivity contribution in [3.8, 4) is 5.75 Å². The van der Waals surface area contributed by atoms with Crippen LogP contribution in [0, 0.1) is 13.8 Å². The number of anilines is 1. The number of pyridine rings is 1. The zero-order valence-electron chi connectivity index (χ0n) is 35.8. The van der Waals surface area contributed by atoms with Crippen LogP contribution in [-0.2, 0) is 26.9 Å². The van der Waals surface area contributed by atoms with Gasteiger partial charge in [0.25, 0.3) is 6.20 Å². The first-order chi connectivity index (χ1) is 28.0. The quantitative estimate of drug-likeness (QED) is 0.0838. The lowest BCUT2D eigenvalue weighted by molar-refractivity contribution is -0.895. The minimum Gasteiger partial charge on any atom is -0.450 e. The Morgan fingerprint density at radius 3 is 2.28 bits per heavy atom. The van der Waals surface area contributed by atoms with Crippen molar-refractivity contribution in [3.05, 3.63) is 166 Å². The highest BCUT2D eigenvalue weighted by molar-refractivity contribution is 6.03. The molecule has 0 bridgehead atoms. The molecule has 1 aliphatic carbocycles. The van der Waals surface area contributed by atoms with E-state index in [-0.39, 0.29) is 10.8 Å². The van der Waals surface area contributed by atoms with Crippen LogP contribution < -0.4 is 19.2 Å². The van der Waals surface area contributed by atoms with Gasteiger partial charge in [-0.25, -0.2) is 0 Å². The summed E-state index contributed by atoms with van der Waals surface area (Å²) in [6.45, 7) is 17.4. The fourth-order valence-electron chi connectivity index (χ4n) is 8.72. The maximum Gasteiger partial charge on any atom is 0.264 e. The van der Waals surface area contributed by atoms with Crippen LogP contribution in [0.1, 0.15) is 81.2 Å². The van der Waals surface area contributed by atoms with E-state index in [4.69, 9.17) is 19.0 Å². The predicted molar refractivity (Wildman–Crippen MR) is 234 cm³/mol. The number of nitrogens with zero attached hydrogens (tertiary/aromatic N) is 3. The van der Waals surface area contributed by atoms with E-state index in [0.717, 1.165) is 69.1 Å². The van der Waals surface area contributed by atoms with E-state index < -0.39 is 0 Å². The molecule has 0 radical (unpaired) electrons. The number of aromatic nitrogens is 1. The van der Waals surface area contributed by atoms with Crippen LogP contribution in [-0.4, -0.2) is 50.8 Å². The van der Waals surface area contributed by atoms with Crippen molar-refractivity contribution < 1.29 is 28.4 Å². The molecular formula is C51H61N3O4+2. The molecule has 2 aliphatic heterocycles. The highest BCUT2D eigenvalue weighted by Gasteiger charge is 2.44. The molecule has 0 fully saturated rings. The zero-order chi connectivity index (χ0) is 40.9. The van der Waals surface area contributed by atoms with Gasteiger partial charge in [0, 0.05) is 79.1 Å². The molecule has 0 saturated heterocycles. The van der Waals surface area contributed by atoms with Gasteiger partial charge in [0.05, 0.1) is 12.0 Å². The van der Waals surface area contributed by atoms with Gasteiger partial charge in [0.1, 0.15) is 5.76 Å². The first kappa shape index (κ1) is 40.9. The summed E-state index contributed by atoms with van der Waals surface area (Å²) in [6.07, 6.45) is 16.8. The monoisotopic (exact) mass is 779 g/mol. The molecule has 0 atom stereocenters. The van der Waals surface area contributed by atoms with E-state index in [9.17, 15) is 0 Å². The summed E-state index contributed by atoms with van der Waals surface area (Å²) in [4.78, 5) is 8.65. The van der Waals surface area contributed by atoms with Gasteiger partial charge >= 0.3 is 0 Å². The maximum atomic E-state index is 6.96. The topological polar surface area (TPSA) is 47.0 Å². The third kappa shape index (κ3) is 8.62. The van der Waals surface area contributed by atoms with Crippen molar-refractivity contribution in [1.29, 1.82) is 0 Å². The molecule has 302 valence electrons. The second-order valence-corrected chi connectivity index (χ2v) is 16.9. The van der Waals surface area contributed by atoms with Gasteiger partial charge in [0.2, 0.25) is 11.9 Å². The van der Waals surface area contributed by atoms with Crippen LogP contribution in [0.5, 0.6) is 5.75 Å². The number of ether oxygens (including phenoxy) is 3. The number of benzene rings is 3. The largest absolute Gasteiger partial charge is 0.450 e. The van der Waals surface area contributed by atoms with Crippen molar-refractivity contribution >= 4 is 17.1 Å². The van der Waals surface area contributed by atoms with Gasteiger partial charge in [-0.3, -0.25) is 4.84 Å². The van der Waals surface area contributed by atoms with E-state index in [1.165, 1.54) is 56.2 Å². The van der Waals surface area contributed by atoms with Crippen LogP contribution in [0.25, 0.3) is 0 Å². The average molecular weight is 780 g/mol. The van der Waals surface area contributed by atoms with Gasteiger partial charge in [-0.2, -0.15) is 4.58 Å². The minimum absolute atomic E-state index is 0.164. The van der Waals surface area contributed by atoms with Gasteiger partial charge in [-0.05, 0) is 99.6 Å². The van der Waals surface area contributed by atoms with E-state index >= 15 is 0 Å². The maximum absolute atomic E-state index is 6.96. The number of allylic oxidation sites excluding steroid dienone is 7. The van der Waals surface area contributed by atoms with E-state index in [0.29, 0.717) is 6.61 Å². The lowest BCUT2D eigenvalue weighted by Gasteiger charge is -2.27. The molecular weight excluding hydrogens is 719 g/mol. The molecule has 0 unspecified atom stereocenters. The summed E-state index contributed by atoms with van der Waals surface area (Å²) in [6, 6.07) is 27.9. The van der Waals surface area contributed by atoms with Crippen molar-refractivity contribution in [2.24, 2.45) is 0 Å². The molecule has 3 aliphatic rings. The number of fused-ring (bicyclic) bond motifs is 2. The van der Waals surface area contributed by atoms with E-state index in [1.54, 1.807) is 19.0 Å². The molecule has 58 heavy (non-hydrogen) atoms. The normalized spacial score (nSPS) is 18.2. The third-order valence-corrected chi connectivity index (χ3v) is 11.9. The second-order valence-electron chi connectivity index (χ2n) is 16.9. The molecule has 0 N–H and O–H groups in total. The molecule has 0 amide bonds. The standard InChI is InChI=1S/C51H61N3O4/c1-37-18-24-45-43(33-37)50(3,4)47(53(45)29-13-31-55-7)26-22-40-20-21-41(49(40)58-42-17-12-28-52(35-42)57-36-39-15-10-9-11-16-39)23-27-48-51(5,6)44-34-38(2)19-25-46(44)54(48)30-14-32-56-8/h9-12,15-19,22-28,33-35H,13-14,20-21,29-32,36H2,1-8H3/q+2. The molecule has 0 spiro atoms. The molecule has 0 saturated carbocycles. The van der Waals surface area contributed by atoms with Crippen LogP contribution >= 0.6 is 0 Å². The van der Waals surface area contributed by atoms with Gasteiger partial charge in [-0.1, -0.05) is 79.6 Å². The fraction of sp³-hybridized carbons (Fsp3) is 0.373. The molecule has 7 heteroatoms. The second kappa shape index (κ2) is 17.7. The number of methoxy groups -OCH3 is 2. The van der Waals surface area contributed by atoms with E-state index in [2.05, 4.69) is 124 Å².